The van der Waals surface area contributed by atoms with Crippen LogP contribution in [0.5, 0.6) is 0 Å². The van der Waals surface area contributed by atoms with E-state index in [9.17, 15) is 0 Å². The van der Waals surface area contributed by atoms with Gasteiger partial charge in [-0.1, -0.05) is 25.0 Å². The number of hydrogen-bond donors (Lipinski definition) is 1. The van der Waals surface area contributed by atoms with Crippen molar-refractivity contribution in [2.45, 2.75) is 70.6 Å². The topological polar surface area (TPSA) is 40.1 Å². The zero-order valence-corrected chi connectivity index (χ0v) is 16.6. The van der Waals surface area contributed by atoms with Gasteiger partial charge in [0, 0.05) is 56.8 Å². The minimum absolute atomic E-state index is 0.364. The van der Waals surface area contributed by atoms with E-state index < -0.39 is 0 Å². The van der Waals surface area contributed by atoms with Gasteiger partial charge < -0.3 is 15.0 Å². The summed E-state index contributed by atoms with van der Waals surface area (Å²) < 4.78 is 6.09. The summed E-state index contributed by atoms with van der Waals surface area (Å²) in [4.78, 5) is 9.97. The van der Waals surface area contributed by atoms with Crippen LogP contribution in [0.25, 0.3) is 0 Å². The minimum Gasteiger partial charge on any atom is -0.378 e. The third-order valence-electron chi connectivity index (χ3n) is 7.12. The fourth-order valence-corrected chi connectivity index (χ4v) is 5.66. The van der Waals surface area contributed by atoms with E-state index in [1.54, 1.807) is 0 Å². The lowest BCUT2D eigenvalue weighted by atomic mass is 9.60. The normalized spacial score (nSPS) is 34.0. The number of rotatable bonds is 5. The van der Waals surface area contributed by atoms with Gasteiger partial charge in [0.15, 0.2) is 5.96 Å². The number of likely N-dealkylation sites (tertiary alicyclic amines) is 1. The van der Waals surface area contributed by atoms with Crippen LogP contribution in [0, 0.1) is 5.41 Å². The molecule has 3 atom stereocenters. The number of hydrogen-bond acceptors (Lipinski definition) is 3. The summed E-state index contributed by atoms with van der Waals surface area (Å²) >= 11 is 0. The lowest BCUT2D eigenvalue weighted by molar-refractivity contribution is -0.126. The van der Waals surface area contributed by atoms with Crippen LogP contribution in [-0.2, 0) is 4.74 Å². The van der Waals surface area contributed by atoms with Crippen molar-refractivity contribution < 1.29 is 4.74 Å². The van der Waals surface area contributed by atoms with E-state index >= 15 is 0 Å². The fourth-order valence-electron chi connectivity index (χ4n) is 5.66. The van der Waals surface area contributed by atoms with Crippen molar-refractivity contribution in [1.82, 2.24) is 15.1 Å². The lowest BCUT2D eigenvalue weighted by Crippen LogP contribution is -2.65. The highest BCUT2D eigenvalue weighted by atomic mass is 16.5. The highest BCUT2D eigenvalue weighted by molar-refractivity contribution is 5.81. The number of guanidine groups is 1. The molecular formula is C21H36N4O. The molecule has 2 heterocycles. The molecule has 0 bridgehead atoms. The predicted molar refractivity (Wildman–Crippen MR) is 107 cm³/mol. The van der Waals surface area contributed by atoms with Crippen molar-refractivity contribution in [2.24, 2.45) is 10.4 Å². The Hall–Kier alpha value is -1.07. The molecule has 5 nitrogen and oxygen atoms in total. The molecule has 1 N–H and O–H groups in total. The van der Waals surface area contributed by atoms with E-state index in [-0.39, 0.29) is 0 Å². The van der Waals surface area contributed by atoms with Crippen LogP contribution in [0.1, 0.15) is 52.4 Å². The van der Waals surface area contributed by atoms with Crippen LogP contribution in [-0.4, -0.2) is 73.3 Å². The molecule has 0 aromatic carbocycles. The molecule has 2 aliphatic heterocycles. The van der Waals surface area contributed by atoms with Crippen molar-refractivity contribution >= 4 is 5.96 Å². The SMILES string of the molecule is CCN=C(NC1CC(OCC)C12CCCC2)N1CCC(N2CC=CC2)C1. The Morgan fingerprint density at radius 1 is 1.23 bits per heavy atom. The van der Waals surface area contributed by atoms with E-state index in [0.717, 1.165) is 51.7 Å². The van der Waals surface area contributed by atoms with Gasteiger partial charge in [0.25, 0.3) is 0 Å². The molecule has 0 amide bonds. The lowest BCUT2D eigenvalue weighted by Gasteiger charge is -2.54. The summed E-state index contributed by atoms with van der Waals surface area (Å²) in [6.07, 6.45) is 12.8. The van der Waals surface area contributed by atoms with Gasteiger partial charge in [-0.15, -0.1) is 0 Å². The van der Waals surface area contributed by atoms with Gasteiger partial charge in [-0.2, -0.15) is 0 Å². The second-order valence-corrected chi connectivity index (χ2v) is 8.43. The van der Waals surface area contributed by atoms with Crippen molar-refractivity contribution in [2.75, 3.05) is 39.3 Å². The second-order valence-electron chi connectivity index (χ2n) is 8.43. The number of aliphatic imine (C=N–C) groups is 1. The third-order valence-corrected chi connectivity index (χ3v) is 7.12. The van der Waals surface area contributed by atoms with Crippen LogP contribution in [0.4, 0.5) is 0 Å². The first-order valence-electron chi connectivity index (χ1n) is 10.8. The van der Waals surface area contributed by atoms with Crippen LogP contribution in [0.3, 0.4) is 0 Å². The summed E-state index contributed by atoms with van der Waals surface area (Å²) in [7, 11) is 0. The van der Waals surface area contributed by atoms with E-state index in [2.05, 4.69) is 41.1 Å². The number of ether oxygens (including phenoxy) is 1. The van der Waals surface area contributed by atoms with Gasteiger partial charge in [0.05, 0.1) is 6.10 Å². The molecule has 3 fully saturated rings. The molecule has 4 rings (SSSR count). The van der Waals surface area contributed by atoms with Crippen LogP contribution < -0.4 is 5.32 Å². The van der Waals surface area contributed by atoms with Crippen molar-refractivity contribution in [3.63, 3.8) is 0 Å². The van der Waals surface area contributed by atoms with Gasteiger partial charge in [-0.25, -0.2) is 0 Å². The second kappa shape index (κ2) is 7.89. The maximum Gasteiger partial charge on any atom is 0.194 e. The van der Waals surface area contributed by atoms with E-state index in [0.29, 0.717) is 23.6 Å². The smallest absolute Gasteiger partial charge is 0.194 e. The maximum atomic E-state index is 6.09. The monoisotopic (exact) mass is 360 g/mol. The molecule has 146 valence electrons. The van der Waals surface area contributed by atoms with Crippen LogP contribution in [0.2, 0.25) is 0 Å². The summed E-state index contributed by atoms with van der Waals surface area (Å²) in [5.41, 5.74) is 0.364. The molecule has 0 radical (unpaired) electrons. The molecule has 0 aromatic heterocycles. The Labute approximate surface area is 158 Å². The molecular weight excluding hydrogens is 324 g/mol. The zero-order valence-electron chi connectivity index (χ0n) is 16.6. The van der Waals surface area contributed by atoms with E-state index in [1.165, 1.54) is 32.1 Å². The Morgan fingerprint density at radius 3 is 2.69 bits per heavy atom. The first-order chi connectivity index (χ1) is 12.8. The summed E-state index contributed by atoms with van der Waals surface area (Å²) in [6, 6.07) is 1.21. The quantitative estimate of drug-likeness (QED) is 0.465. The molecule has 5 heteroatoms. The van der Waals surface area contributed by atoms with Gasteiger partial charge in [0.1, 0.15) is 0 Å². The van der Waals surface area contributed by atoms with Crippen molar-refractivity contribution in [1.29, 1.82) is 0 Å². The first-order valence-corrected chi connectivity index (χ1v) is 10.8. The Balaban J connectivity index is 1.39. The highest BCUT2D eigenvalue weighted by Crippen LogP contribution is 2.54. The average molecular weight is 361 g/mol. The van der Waals surface area contributed by atoms with Crippen LogP contribution >= 0.6 is 0 Å². The average Bonchev–Trinajstić information content (AvgIpc) is 3.41. The molecule has 4 aliphatic rings. The van der Waals surface area contributed by atoms with Gasteiger partial charge in [-0.3, -0.25) is 9.89 Å². The summed E-state index contributed by atoms with van der Waals surface area (Å²) in [5.74, 6) is 1.15. The number of nitrogens with one attached hydrogen (secondary N) is 1. The molecule has 2 aliphatic carbocycles. The zero-order chi connectivity index (χ0) is 18.0. The van der Waals surface area contributed by atoms with E-state index in [4.69, 9.17) is 9.73 Å². The largest absolute Gasteiger partial charge is 0.378 e. The molecule has 3 unspecified atom stereocenters. The van der Waals surface area contributed by atoms with Gasteiger partial charge >= 0.3 is 0 Å². The fraction of sp³-hybridized carbons (Fsp3) is 0.857. The van der Waals surface area contributed by atoms with Gasteiger partial charge in [-0.05, 0) is 39.5 Å². The molecule has 26 heavy (non-hydrogen) atoms. The maximum absolute atomic E-state index is 6.09. The molecule has 1 saturated heterocycles. The molecule has 2 saturated carbocycles. The standard InChI is InChI=1S/C21H36N4O/c1-3-22-20(25-14-9-17(16-25)24-12-7-8-13-24)23-18-15-19(26-4-2)21(18)10-5-6-11-21/h7-8,17-19H,3-6,9-16H2,1-2H3,(H,22,23). The molecule has 1 spiro atoms. The first kappa shape index (κ1) is 18.3. The molecule has 0 aromatic rings. The Kier molecular flexibility index (Phi) is 5.55. The minimum atomic E-state index is 0.364. The van der Waals surface area contributed by atoms with Crippen molar-refractivity contribution in [3.05, 3.63) is 12.2 Å². The van der Waals surface area contributed by atoms with Gasteiger partial charge in [0.2, 0.25) is 0 Å². The highest BCUT2D eigenvalue weighted by Gasteiger charge is 2.57. The van der Waals surface area contributed by atoms with Crippen molar-refractivity contribution in [3.8, 4) is 0 Å². The Bertz CT molecular complexity index is 532. The van der Waals surface area contributed by atoms with Crippen LogP contribution in [0.15, 0.2) is 17.1 Å². The predicted octanol–water partition coefficient (Wildman–Crippen LogP) is 2.64. The summed E-state index contributed by atoms with van der Waals surface area (Å²) in [6.45, 7) is 10.4. The van der Waals surface area contributed by atoms with E-state index in [1.807, 2.05) is 0 Å². The number of nitrogens with zero attached hydrogens (tertiary/aromatic N) is 3. The Morgan fingerprint density at radius 2 is 2.00 bits per heavy atom. The summed E-state index contributed by atoms with van der Waals surface area (Å²) in [5, 5.41) is 3.89. The third kappa shape index (κ3) is 3.29.